The molecule has 0 fully saturated rings. The lowest BCUT2D eigenvalue weighted by atomic mass is 9.93. The van der Waals surface area contributed by atoms with Gasteiger partial charge in [0.15, 0.2) is 0 Å². The van der Waals surface area contributed by atoms with Crippen LogP contribution in [0.1, 0.15) is 87.5 Å². The van der Waals surface area contributed by atoms with E-state index in [-0.39, 0.29) is 0 Å². The van der Waals surface area contributed by atoms with E-state index < -0.39 is 0 Å². The summed E-state index contributed by atoms with van der Waals surface area (Å²) in [5, 5.41) is 10.6. The molecule has 3 rings (SSSR count). The Kier molecular flexibility index (Phi) is 9.61. The van der Waals surface area contributed by atoms with Crippen LogP contribution in [-0.2, 0) is 12.8 Å². The Bertz CT molecular complexity index is 951. The zero-order valence-electron chi connectivity index (χ0n) is 21.2. The first-order chi connectivity index (χ1) is 16.0. The monoisotopic (exact) mass is 442 g/mol. The van der Waals surface area contributed by atoms with Crippen LogP contribution >= 0.6 is 0 Å². The zero-order chi connectivity index (χ0) is 23.6. The van der Waals surface area contributed by atoms with E-state index in [0.717, 1.165) is 24.0 Å². The van der Waals surface area contributed by atoms with Gasteiger partial charge in [-0.05, 0) is 91.1 Å². The first kappa shape index (κ1) is 25.1. The van der Waals surface area contributed by atoms with Crippen LogP contribution in [-0.4, -0.2) is 5.11 Å². The highest BCUT2D eigenvalue weighted by molar-refractivity contribution is 5.76. The molecule has 3 aromatic carbocycles. The molecule has 176 valence electrons. The highest BCUT2D eigenvalue weighted by Crippen LogP contribution is 2.33. The highest BCUT2D eigenvalue weighted by atomic mass is 16.3. The normalized spacial score (nSPS) is 11.2. The van der Waals surface area contributed by atoms with Gasteiger partial charge in [0.05, 0.1) is 0 Å². The van der Waals surface area contributed by atoms with E-state index in [1.54, 1.807) is 0 Å². The minimum absolute atomic E-state index is 0.333. The summed E-state index contributed by atoms with van der Waals surface area (Å²) in [5.74, 6) is 0.333. The molecule has 3 aromatic rings. The van der Waals surface area contributed by atoms with E-state index in [1.807, 2.05) is 12.1 Å². The van der Waals surface area contributed by atoms with Gasteiger partial charge in [-0.1, -0.05) is 99.9 Å². The second kappa shape index (κ2) is 12.6. The molecule has 0 amide bonds. The number of phenols is 1. The zero-order valence-corrected chi connectivity index (χ0v) is 21.2. The lowest BCUT2D eigenvalue weighted by Crippen LogP contribution is -1.91. The Hall–Kier alpha value is -2.54. The molecule has 0 spiro atoms. The van der Waals surface area contributed by atoms with Gasteiger partial charge in [0, 0.05) is 0 Å². The van der Waals surface area contributed by atoms with Gasteiger partial charge in [-0.25, -0.2) is 0 Å². The van der Waals surface area contributed by atoms with E-state index in [0.29, 0.717) is 5.75 Å². The van der Waals surface area contributed by atoms with E-state index in [9.17, 15) is 5.11 Å². The van der Waals surface area contributed by atoms with Gasteiger partial charge < -0.3 is 5.11 Å². The van der Waals surface area contributed by atoms with Crippen molar-refractivity contribution in [1.29, 1.82) is 0 Å². The molecule has 0 atom stereocenters. The van der Waals surface area contributed by atoms with Crippen molar-refractivity contribution in [3.8, 4) is 28.0 Å². The summed E-state index contributed by atoms with van der Waals surface area (Å²) in [6.45, 7) is 8.87. The molecule has 0 bridgehead atoms. The quantitative estimate of drug-likeness (QED) is 0.277. The number of rotatable bonds is 12. The maximum Gasteiger partial charge on any atom is 0.116 e. The van der Waals surface area contributed by atoms with Crippen molar-refractivity contribution in [2.45, 2.75) is 91.9 Å². The Morgan fingerprint density at radius 2 is 0.909 bits per heavy atom. The maximum atomic E-state index is 10.6. The fourth-order valence-corrected chi connectivity index (χ4v) is 4.80. The summed E-state index contributed by atoms with van der Waals surface area (Å²) in [7, 11) is 0. The van der Waals surface area contributed by atoms with Gasteiger partial charge in [-0.2, -0.15) is 0 Å². The molecule has 1 N–H and O–H groups in total. The van der Waals surface area contributed by atoms with Gasteiger partial charge >= 0.3 is 0 Å². The van der Waals surface area contributed by atoms with Crippen LogP contribution in [0.2, 0.25) is 0 Å². The Balaban J connectivity index is 1.87. The van der Waals surface area contributed by atoms with Crippen molar-refractivity contribution in [3.63, 3.8) is 0 Å². The minimum atomic E-state index is 0.333. The van der Waals surface area contributed by atoms with Crippen molar-refractivity contribution >= 4 is 0 Å². The molecular formula is C32H42O. The van der Waals surface area contributed by atoms with Gasteiger partial charge in [0.25, 0.3) is 0 Å². The minimum Gasteiger partial charge on any atom is -0.508 e. The topological polar surface area (TPSA) is 20.2 Å². The summed E-state index contributed by atoms with van der Waals surface area (Å²) in [6, 6.07) is 19.8. The first-order valence-corrected chi connectivity index (χ1v) is 13.0. The van der Waals surface area contributed by atoms with Crippen molar-refractivity contribution < 1.29 is 5.11 Å². The predicted molar refractivity (Wildman–Crippen MR) is 144 cm³/mol. The fraction of sp³-hybridized carbons (Fsp3) is 0.438. The highest BCUT2D eigenvalue weighted by Gasteiger charge is 2.09. The number of hydrogen-bond acceptors (Lipinski definition) is 1. The van der Waals surface area contributed by atoms with Gasteiger partial charge in [-0.15, -0.1) is 0 Å². The molecule has 0 aliphatic carbocycles. The van der Waals surface area contributed by atoms with Crippen LogP contribution in [0.3, 0.4) is 0 Å². The van der Waals surface area contributed by atoms with E-state index >= 15 is 0 Å². The number of aryl methyl sites for hydroxylation is 4. The molecule has 1 nitrogen and oxygen atoms in total. The fourth-order valence-electron chi connectivity index (χ4n) is 4.80. The van der Waals surface area contributed by atoms with Crippen molar-refractivity contribution in [2.75, 3.05) is 0 Å². The lowest BCUT2D eigenvalue weighted by molar-refractivity contribution is 0.476. The van der Waals surface area contributed by atoms with Crippen molar-refractivity contribution in [3.05, 3.63) is 76.9 Å². The third-order valence-corrected chi connectivity index (χ3v) is 6.50. The average Bonchev–Trinajstić information content (AvgIpc) is 2.78. The van der Waals surface area contributed by atoms with Gasteiger partial charge in [0.1, 0.15) is 5.75 Å². The second-order valence-electron chi connectivity index (χ2n) is 9.80. The van der Waals surface area contributed by atoms with E-state index in [2.05, 4.69) is 70.2 Å². The second-order valence-corrected chi connectivity index (χ2v) is 9.80. The molecule has 0 unspecified atom stereocenters. The summed E-state index contributed by atoms with van der Waals surface area (Å²) < 4.78 is 0. The van der Waals surface area contributed by atoms with Crippen LogP contribution in [0.25, 0.3) is 22.3 Å². The molecular weight excluding hydrogens is 400 g/mol. The summed E-state index contributed by atoms with van der Waals surface area (Å²) in [6.07, 6.45) is 12.5. The van der Waals surface area contributed by atoms with Gasteiger partial charge in [0.2, 0.25) is 0 Å². The molecule has 0 saturated carbocycles. The largest absolute Gasteiger partial charge is 0.508 e. The Morgan fingerprint density at radius 3 is 1.33 bits per heavy atom. The van der Waals surface area contributed by atoms with Crippen molar-refractivity contribution in [1.82, 2.24) is 0 Å². The maximum absolute atomic E-state index is 10.6. The molecule has 0 saturated heterocycles. The molecule has 0 radical (unpaired) electrons. The predicted octanol–water partition coefficient (Wildman–Crippen LogP) is 9.59. The SMILES string of the molecule is CCCCCCc1cc(C)cc(-c2cc(O)cc(-c3cc(C)cc(CCCCCC)c3)c2)c1. The number of aromatic hydroxyl groups is 1. The number of unbranched alkanes of at least 4 members (excludes halogenated alkanes) is 6. The van der Waals surface area contributed by atoms with E-state index in [4.69, 9.17) is 0 Å². The molecule has 0 aliphatic rings. The van der Waals surface area contributed by atoms with Crippen molar-refractivity contribution in [2.24, 2.45) is 0 Å². The smallest absolute Gasteiger partial charge is 0.116 e. The molecule has 33 heavy (non-hydrogen) atoms. The number of hydrogen-bond donors (Lipinski definition) is 1. The van der Waals surface area contributed by atoms with Gasteiger partial charge in [-0.3, -0.25) is 0 Å². The third-order valence-electron chi connectivity index (χ3n) is 6.50. The molecule has 1 heteroatoms. The average molecular weight is 443 g/mol. The number of benzene rings is 3. The van der Waals surface area contributed by atoms with Crippen LogP contribution in [0.4, 0.5) is 0 Å². The standard InChI is InChI=1S/C32H42O/c1-5-7-9-11-13-26-15-24(3)17-28(19-26)30-21-31(23-32(33)22-30)29-18-25(4)16-27(20-29)14-12-10-8-6-2/h15-23,33H,5-14H2,1-4H3. The summed E-state index contributed by atoms with van der Waals surface area (Å²) in [5.41, 5.74) is 9.95. The Labute approximate surface area is 201 Å². The third kappa shape index (κ3) is 7.77. The Morgan fingerprint density at radius 1 is 0.485 bits per heavy atom. The van der Waals surface area contributed by atoms with Crippen LogP contribution in [0, 0.1) is 13.8 Å². The molecule has 0 aliphatic heterocycles. The van der Waals surface area contributed by atoms with Crippen LogP contribution in [0.15, 0.2) is 54.6 Å². The number of phenolic OH excluding ortho intramolecular Hbond substituents is 1. The molecule has 0 heterocycles. The summed E-state index contributed by atoms with van der Waals surface area (Å²) >= 11 is 0. The molecule has 0 aromatic heterocycles. The summed E-state index contributed by atoms with van der Waals surface area (Å²) in [4.78, 5) is 0. The lowest BCUT2D eigenvalue weighted by Gasteiger charge is -2.13. The van der Waals surface area contributed by atoms with E-state index in [1.165, 1.54) is 84.7 Å². The van der Waals surface area contributed by atoms with Crippen LogP contribution in [0.5, 0.6) is 5.75 Å². The first-order valence-electron chi connectivity index (χ1n) is 13.0. The van der Waals surface area contributed by atoms with Crippen LogP contribution < -0.4 is 0 Å².